The summed E-state index contributed by atoms with van der Waals surface area (Å²) in [4.78, 5) is 12.3. The van der Waals surface area contributed by atoms with Gasteiger partial charge in [-0.05, 0) is 31.7 Å². The first-order valence-electron chi connectivity index (χ1n) is 7.27. The number of hydrogen-bond donors (Lipinski definition) is 1. The van der Waals surface area contributed by atoms with E-state index >= 15 is 0 Å². The molecule has 0 saturated heterocycles. The van der Waals surface area contributed by atoms with Gasteiger partial charge in [0.05, 0.1) is 0 Å². The maximum Gasteiger partial charge on any atom is 0.268 e. The summed E-state index contributed by atoms with van der Waals surface area (Å²) < 4.78 is 24.5. The molecule has 1 unspecified atom stereocenters. The molecule has 1 aromatic rings. The monoisotopic (exact) mass is 332 g/mol. The smallest absolute Gasteiger partial charge is 0.268 e. The first-order valence-corrected chi connectivity index (χ1v) is 9.58. The van der Waals surface area contributed by atoms with Crippen molar-refractivity contribution in [1.82, 2.24) is 9.88 Å². The van der Waals surface area contributed by atoms with Crippen molar-refractivity contribution in [3.63, 3.8) is 0 Å². The summed E-state index contributed by atoms with van der Waals surface area (Å²) in [6.07, 6.45) is 5.67. The minimum Gasteiger partial charge on any atom is -0.348 e. The Morgan fingerprint density at radius 3 is 2.71 bits per heavy atom. The molecule has 2 rings (SSSR count). The van der Waals surface area contributed by atoms with Crippen LogP contribution in [-0.4, -0.2) is 24.9 Å². The summed E-state index contributed by atoms with van der Waals surface area (Å²) in [6.45, 7) is 4.51. The van der Waals surface area contributed by atoms with Crippen LogP contribution in [0.2, 0.25) is 0 Å². The predicted octanol–water partition coefficient (Wildman–Crippen LogP) is 2.74. The van der Waals surface area contributed by atoms with Crippen molar-refractivity contribution in [2.24, 2.45) is 5.92 Å². The zero-order valence-corrected chi connectivity index (χ0v) is 13.9. The number of nitrogens with zero attached hydrogens (tertiary/aromatic N) is 1. The molecule has 21 heavy (non-hydrogen) atoms. The van der Waals surface area contributed by atoms with Crippen LogP contribution in [-0.2, 0) is 15.6 Å². The molecule has 0 aliphatic heterocycles. The summed E-state index contributed by atoms with van der Waals surface area (Å²) >= 11 is 0. The quantitative estimate of drug-likeness (QED) is 0.781. The van der Waals surface area contributed by atoms with Crippen LogP contribution in [0.1, 0.15) is 50.0 Å². The van der Waals surface area contributed by atoms with E-state index in [9.17, 15) is 13.2 Å². The molecule has 0 bridgehead atoms. The summed E-state index contributed by atoms with van der Waals surface area (Å²) in [5, 5.41) is 2.93. The number of halogens is 1. The summed E-state index contributed by atoms with van der Waals surface area (Å²) in [5.41, 5.74) is 0.346. The van der Waals surface area contributed by atoms with Gasteiger partial charge >= 0.3 is 0 Å². The Hall–Kier alpha value is -1.01. The molecule has 1 aliphatic carbocycles. The fourth-order valence-corrected chi connectivity index (χ4v) is 3.20. The molecule has 1 atom stereocenters. The van der Waals surface area contributed by atoms with E-state index < -0.39 is 9.05 Å². The molecule has 1 heterocycles. The van der Waals surface area contributed by atoms with Gasteiger partial charge in [0.15, 0.2) is 0 Å². The van der Waals surface area contributed by atoms with Crippen LogP contribution in [0, 0.1) is 5.92 Å². The Bertz CT molecular complexity index is 620. The lowest BCUT2D eigenvalue weighted by atomic mass is 10.1. The fraction of sp³-hybridized carbons (Fsp3) is 0.643. The van der Waals surface area contributed by atoms with Crippen molar-refractivity contribution in [1.29, 1.82) is 0 Å². The maximum atomic E-state index is 12.3. The summed E-state index contributed by atoms with van der Waals surface area (Å²) in [6, 6.07) is 1.43. The highest BCUT2D eigenvalue weighted by Gasteiger charge is 2.25. The number of amides is 1. The van der Waals surface area contributed by atoms with Crippen molar-refractivity contribution in [3.05, 3.63) is 18.0 Å². The third-order valence-corrected chi connectivity index (χ3v) is 4.93. The van der Waals surface area contributed by atoms with Crippen LogP contribution in [0.15, 0.2) is 17.2 Å². The van der Waals surface area contributed by atoms with Gasteiger partial charge in [0.1, 0.15) is 10.6 Å². The molecule has 1 aliphatic rings. The van der Waals surface area contributed by atoms with Gasteiger partial charge < -0.3 is 9.88 Å². The van der Waals surface area contributed by atoms with Crippen LogP contribution in [0.4, 0.5) is 0 Å². The number of hydrogen-bond acceptors (Lipinski definition) is 3. The summed E-state index contributed by atoms with van der Waals surface area (Å²) in [5.74, 6) is 0.477. The third-order valence-electron chi connectivity index (χ3n) is 3.61. The largest absolute Gasteiger partial charge is 0.348 e. The highest BCUT2D eigenvalue weighted by molar-refractivity contribution is 8.13. The highest BCUT2D eigenvalue weighted by atomic mass is 35.7. The maximum absolute atomic E-state index is 12.3. The number of rotatable bonds is 7. The second kappa shape index (κ2) is 6.40. The second-order valence-electron chi connectivity index (χ2n) is 5.75. The van der Waals surface area contributed by atoms with E-state index in [0.29, 0.717) is 12.2 Å². The van der Waals surface area contributed by atoms with E-state index in [1.54, 1.807) is 4.57 Å². The molecule has 1 amide bonds. The van der Waals surface area contributed by atoms with E-state index in [1.165, 1.54) is 25.1 Å². The molecular weight excluding hydrogens is 312 g/mol. The van der Waals surface area contributed by atoms with Crippen LogP contribution >= 0.6 is 10.7 Å². The van der Waals surface area contributed by atoms with Gasteiger partial charge in [-0.25, -0.2) is 8.42 Å². The molecule has 0 radical (unpaired) electrons. The van der Waals surface area contributed by atoms with Crippen molar-refractivity contribution >= 4 is 25.6 Å². The molecule has 1 saturated carbocycles. The van der Waals surface area contributed by atoms with E-state index in [0.717, 1.165) is 18.8 Å². The molecule has 1 fully saturated rings. The SMILES string of the molecule is CCCn1cc(S(=O)(=O)Cl)cc1C(=O)NC(C)CC1CC1. The number of carbonyl (C=O) groups is 1. The fourth-order valence-electron chi connectivity index (χ4n) is 2.44. The summed E-state index contributed by atoms with van der Waals surface area (Å²) in [7, 11) is 1.54. The van der Waals surface area contributed by atoms with Crippen LogP contribution in [0.5, 0.6) is 0 Å². The second-order valence-corrected chi connectivity index (χ2v) is 8.31. The molecule has 5 nitrogen and oxygen atoms in total. The van der Waals surface area contributed by atoms with E-state index in [2.05, 4.69) is 5.32 Å². The molecule has 1 N–H and O–H groups in total. The predicted molar refractivity (Wildman–Crippen MR) is 82.0 cm³/mol. The molecule has 0 aromatic carbocycles. The Balaban J connectivity index is 2.15. The van der Waals surface area contributed by atoms with Crippen molar-refractivity contribution in [3.8, 4) is 0 Å². The number of nitrogens with one attached hydrogen (secondary N) is 1. The molecule has 118 valence electrons. The number of aromatic nitrogens is 1. The van der Waals surface area contributed by atoms with Gasteiger partial charge in [0.2, 0.25) is 0 Å². The van der Waals surface area contributed by atoms with Gasteiger partial charge in [-0.2, -0.15) is 0 Å². The zero-order valence-electron chi connectivity index (χ0n) is 12.3. The number of carbonyl (C=O) groups excluding carboxylic acids is 1. The van der Waals surface area contributed by atoms with E-state index in [4.69, 9.17) is 10.7 Å². The number of aryl methyl sites for hydroxylation is 1. The van der Waals surface area contributed by atoms with Crippen molar-refractivity contribution in [2.45, 2.75) is 57.0 Å². The lowest BCUT2D eigenvalue weighted by Gasteiger charge is -2.14. The molecule has 0 spiro atoms. The van der Waals surface area contributed by atoms with Gasteiger partial charge in [-0.3, -0.25) is 4.79 Å². The zero-order chi connectivity index (χ0) is 15.6. The Labute approximate surface area is 130 Å². The Morgan fingerprint density at radius 1 is 1.52 bits per heavy atom. The molecule has 1 aromatic heterocycles. The normalized spacial score (nSPS) is 16.7. The first-order chi connectivity index (χ1) is 9.81. The van der Waals surface area contributed by atoms with E-state index in [-0.39, 0.29) is 16.8 Å². The van der Waals surface area contributed by atoms with Crippen LogP contribution in [0.25, 0.3) is 0 Å². The van der Waals surface area contributed by atoms with Crippen LogP contribution < -0.4 is 5.32 Å². The lowest BCUT2D eigenvalue weighted by Crippen LogP contribution is -2.34. The first kappa shape index (κ1) is 16.4. The van der Waals surface area contributed by atoms with Gasteiger partial charge in [-0.15, -0.1) is 0 Å². The standard InChI is InChI=1S/C14H21ClN2O3S/c1-3-6-17-9-12(21(15,19)20)8-13(17)14(18)16-10(2)7-11-4-5-11/h8-11H,3-7H2,1-2H3,(H,16,18). The molecule has 7 heteroatoms. The highest BCUT2D eigenvalue weighted by Crippen LogP contribution is 2.33. The topological polar surface area (TPSA) is 68.2 Å². The minimum atomic E-state index is -3.82. The van der Waals surface area contributed by atoms with Gasteiger partial charge in [0, 0.05) is 29.5 Å². The third kappa shape index (κ3) is 4.48. The average molecular weight is 333 g/mol. The average Bonchev–Trinajstić information content (AvgIpc) is 3.05. The molecular formula is C14H21ClN2O3S. The van der Waals surface area contributed by atoms with Gasteiger partial charge in [0.25, 0.3) is 15.0 Å². The Morgan fingerprint density at radius 2 is 2.19 bits per heavy atom. The van der Waals surface area contributed by atoms with Crippen molar-refractivity contribution in [2.75, 3.05) is 0 Å². The van der Waals surface area contributed by atoms with Crippen LogP contribution in [0.3, 0.4) is 0 Å². The lowest BCUT2D eigenvalue weighted by molar-refractivity contribution is 0.0928. The van der Waals surface area contributed by atoms with Crippen molar-refractivity contribution < 1.29 is 13.2 Å². The van der Waals surface area contributed by atoms with E-state index in [1.807, 2.05) is 13.8 Å². The Kier molecular flexibility index (Phi) is 4.99. The minimum absolute atomic E-state index is 0.0300. The van der Waals surface area contributed by atoms with Gasteiger partial charge in [-0.1, -0.05) is 19.8 Å².